The summed E-state index contributed by atoms with van der Waals surface area (Å²) in [5, 5.41) is 0. The number of hydrogen-bond donors (Lipinski definition) is 0. The molecule has 22 heteroatoms. The molecule has 3 atom stereocenters. The van der Waals surface area contributed by atoms with Gasteiger partial charge in [-0.15, -0.1) is 0 Å². The maximum Gasteiger partial charge on any atom is 0.603 e. The van der Waals surface area contributed by atoms with Crippen molar-refractivity contribution in [2.24, 2.45) is 13.5 Å². The predicted molar refractivity (Wildman–Crippen MR) is 178 cm³/mol. The third kappa shape index (κ3) is 10.2. The molecule has 0 radical (unpaired) electrons. The van der Waals surface area contributed by atoms with Gasteiger partial charge in [0, 0.05) is 0 Å². The molecule has 0 aromatic heterocycles. The van der Waals surface area contributed by atoms with Gasteiger partial charge in [-0.2, -0.15) is 39.5 Å². The fourth-order valence-electron chi connectivity index (χ4n) is 4.43. The summed E-state index contributed by atoms with van der Waals surface area (Å²) in [7, 11) is -12.5. The van der Waals surface area contributed by atoms with E-state index < -0.39 is 87.5 Å². The van der Waals surface area contributed by atoms with Gasteiger partial charge in [0.1, 0.15) is 34.6 Å². The zero-order valence-electron chi connectivity index (χ0n) is 26.9. The minimum absolute atomic E-state index is 0.274. The van der Waals surface area contributed by atoms with Crippen LogP contribution in [0.1, 0.15) is 16.7 Å². The number of alkyl halides is 9. The van der Waals surface area contributed by atoms with Crippen LogP contribution in [0, 0.1) is 11.6 Å². The van der Waals surface area contributed by atoms with E-state index in [9.17, 15) is 48.3 Å². The lowest BCUT2D eigenvalue weighted by Gasteiger charge is -2.25. The minimum atomic E-state index is -4.90. The molecule has 0 bridgehead atoms. The summed E-state index contributed by atoms with van der Waals surface area (Å²) < 4.78 is 194. The van der Waals surface area contributed by atoms with E-state index in [1.807, 2.05) is 0 Å². The van der Waals surface area contributed by atoms with E-state index in [1.54, 1.807) is 0 Å². The molecule has 5 aromatic rings. The Morgan fingerprint density at radius 1 is 0.436 bits per heavy atom. The molecule has 0 saturated carbocycles. The summed E-state index contributed by atoms with van der Waals surface area (Å²) >= 11 is 0. The van der Waals surface area contributed by atoms with E-state index in [-0.39, 0.29) is 11.5 Å². The Balaban J connectivity index is 1.63. The molecule has 5 aromatic carbocycles. The van der Waals surface area contributed by atoms with E-state index in [0.717, 1.165) is 91.0 Å². The average Bonchev–Trinajstić information content (AvgIpc) is 3.09. The van der Waals surface area contributed by atoms with Crippen LogP contribution in [-0.2, 0) is 18.5 Å². The first-order chi connectivity index (χ1) is 25.8. The Morgan fingerprint density at radius 3 is 1.24 bits per heavy atom. The van der Waals surface area contributed by atoms with Crippen molar-refractivity contribution in [2.45, 2.75) is 18.5 Å². The lowest BCUT2D eigenvalue weighted by atomic mass is 10.2. The van der Waals surface area contributed by atoms with Crippen molar-refractivity contribution in [2.75, 3.05) is 0 Å². The largest absolute Gasteiger partial charge is 0.603 e. The smallest absolute Gasteiger partial charge is 0.411 e. The Morgan fingerprint density at radius 2 is 0.800 bits per heavy atom. The van der Waals surface area contributed by atoms with Crippen molar-refractivity contribution in [1.29, 1.82) is 0 Å². The first-order valence-corrected chi connectivity index (χ1v) is 19.3. The summed E-state index contributed by atoms with van der Waals surface area (Å²) in [6.45, 7) is 0. The van der Waals surface area contributed by atoms with Gasteiger partial charge in [-0.1, -0.05) is 22.7 Å². The molecular weight excluding hydrogens is 820 g/mol. The summed E-state index contributed by atoms with van der Waals surface area (Å²) in [5.41, 5.74) is -3.59. The summed E-state index contributed by atoms with van der Waals surface area (Å²) in [5.74, 6) is -3.74. The first kappa shape index (κ1) is 39.6. The first-order valence-electron chi connectivity index (χ1n) is 15.1. The van der Waals surface area contributed by atoms with Crippen LogP contribution < -0.4 is 22.6 Å². The molecule has 1 heterocycles. The molecule has 0 amide bonds. The molecule has 0 spiro atoms. The molecule has 0 aliphatic carbocycles. The van der Waals surface area contributed by atoms with Crippen molar-refractivity contribution in [3.05, 3.63) is 150 Å². The van der Waals surface area contributed by atoms with Crippen LogP contribution in [0.3, 0.4) is 0 Å². The molecule has 6 rings (SSSR count). The molecule has 8 nitrogen and oxygen atoms in total. The molecule has 55 heavy (non-hydrogen) atoms. The Bertz CT molecular complexity index is 2230. The van der Waals surface area contributed by atoms with Crippen LogP contribution in [-0.4, -0.2) is 0 Å². The van der Waals surface area contributed by atoms with Gasteiger partial charge in [0.25, 0.3) is 0 Å². The number of halogens is 11. The highest BCUT2D eigenvalue weighted by molar-refractivity contribution is 7.75. The van der Waals surface area contributed by atoms with E-state index in [0.29, 0.717) is 30.3 Å². The fraction of sp³-hybridized carbons (Fsp3) is 0.0909. The van der Waals surface area contributed by atoms with Gasteiger partial charge in [-0.25, -0.2) is 13.3 Å². The fourth-order valence-corrected chi connectivity index (χ4v) is 11.9. The van der Waals surface area contributed by atoms with Crippen molar-refractivity contribution >= 4 is 23.4 Å². The molecular formula is C33H20F11N3O5P3+. The van der Waals surface area contributed by atoms with Gasteiger partial charge in [0.2, 0.25) is 0 Å². The van der Waals surface area contributed by atoms with Crippen molar-refractivity contribution < 1.29 is 70.9 Å². The summed E-state index contributed by atoms with van der Waals surface area (Å²) in [6, 6.07) is 17.7. The van der Waals surface area contributed by atoms with Crippen molar-refractivity contribution in [3.8, 4) is 28.7 Å². The van der Waals surface area contributed by atoms with E-state index in [2.05, 4.69) is 13.5 Å². The third-order valence-corrected chi connectivity index (χ3v) is 13.8. The van der Waals surface area contributed by atoms with Gasteiger partial charge < -0.3 is 18.1 Å². The van der Waals surface area contributed by atoms with Crippen molar-refractivity contribution in [3.63, 3.8) is 0 Å². The maximum absolute atomic E-state index is 14.0. The minimum Gasteiger partial charge on any atom is -0.411 e. The van der Waals surface area contributed by atoms with Crippen LogP contribution in [0.25, 0.3) is 0 Å². The van der Waals surface area contributed by atoms with Crippen LogP contribution >= 0.6 is 23.4 Å². The highest BCUT2D eigenvalue weighted by Gasteiger charge is 2.50. The Kier molecular flexibility index (Phi) is 10.9. The highest BCUT2D eigenvalue weighted by atomic mass is 31.3. The standard InChI is InChI=1S/C33H20F11N3O5P3/c34-24-10-14-26(15-11-24)49-54(51-29-8-2-5-22(19-29)32(39,40)41)45-53(48-28-7-1-4-21(18-28)31(36,37)38)46-55(47-54,50-27-16-12-25(35)13-17-27)52-30-9-3-6-23(20-30)33(42,43)44/h1-20H/q+1. The summed E-state index contributed by atoms with van der Waals surface area (Å²) in [6.07, 6.45) is -14.6. The van der Waals surface area contributed by atoms with Crippen LogP contribution in [0.15, 0.2) is 135 Å². The lowest BCUT2D eigenvalue weighted by Crippen LogP contribution is -2.09. The second kappa shape index (κ2) is 15.2. The lowest BCUT2D eigenvalue weighted by molar-refractivity contribution is -0.138. The second-order valence-electron chi connectivity index (χ2n) is 10.9. The zero-order valence-corrected chi connectivity index (χ0v) is 29.6. The zero-order chi connectivity index (χ0) is 39.6. The van der Waals surface area contributed by atoms with Gasteiger partial charge >= 0.3 is 41.9 Å². The van der Waals surface area contributed by atoms with E-state index in [1.165, 1.54) is 0 Å². The molecule has 0 fully saturated rings. The van der Waals surface area contributed by atoms with Gasteiger partial charge in [0.15, 0.2) is 5.75 Å². The van der Waals surface area contributed by atoms with E-state index >= 15 is 0 Å². The summed E-state index contributed by atoms with van der Waals surface area (Å²) in [4.78, 5) is 0. The normalized spacial score (nSPS) is 19.3. The monoisotopic (exact) mass is 840 g/mol. The Labute approximate surface area is 304 Å². The molecule has 3 unspecified atom stereocenters. The van der Waals surface area contributed by atoms with Gasteiger partial charge in [-0.3, -0.25) is 0 Å². The predicted octanol–water partition coefficient (Wildman–Crippen LogP) is 14.1. The Hall–Kier alpha value is -5.11. The number of benzene rings is 5. The van der Waals surface area contributed by atoms with Crippen LogP contribution in [0.2, 0.25) is 0 Å². The molecule has 1 aliphatic rings. The number of rotatable bonds is 10. The van der Waals surface area contributed by atoms with E-state index in [4.69, 9.17) is 22.6 Å². The quantitative estimate of drug-likeness (QED) is 0.103. The SMILES string of the molecule is Fc1ccc(OP2(Oc3cccc(C(F)(F)F)c3)=N[P+](Oc3cccc(C(F)(F)F)c3)=NP(Oc3ccc(F)cc3)(Oc3cccc(C(F)(F)F)c3)=N2)cc1. The molecule has 1 aliphatic heterocycles. The maximum atomic E-state index is 14.0. The number of nitrogens with zero attached hydrogens (tertiary/aromatic N) is 3. The van der Waals surface area contributed by atoms with Crippen LogP contribution in [0.5, 0.6) is 28.7 Å². The highest BCUT2D eigenvalue weighted by Crippen LogP contribution is 2.73. The molecule has 0 N–H and O–H groups in total. The molecule has 288 valence electrons. The van der Waals surface area contributed by atoms with Gasteiger partial charge in [0.05, 0.1) is 25.7 Å². The average molecular weight is 840 g/mol. The van der Waals surface area contributed by atoms with Crippen LogP contribution in [0.4, 0.5) is 48.3 Å². The third-order valence-electron chi connectivity index (χ3n) is 6.80. The van der Waals surface area contributed by atoms with Gasteiger partial charge in [-0.05, 0) is 103 Å². The number of hydrogen-bond acceptors (Lipinski definition) is 8. The van der Waals surface area contributed by atoms with Crippen molar-refractivity contribution in [1.82, 2.24) is 0 Å². The second-order valence-corrected chi connectivity index (χ2v) is 16.5. The molecule has 0 saturated heterocycles. The topological polar surface area (TPSA) is 83.2 Å².